The van der Waals surface area contributed by atoms with Crippen LogP contribution in [0.2, 0.25) is 0 Å². The molecule has 0 bridgehead atoms. The van der Waals surface area contributed by atoms with E-state index in [1.807, 2.05) is 0 Å². The first-order valence-corrected chi connectivity index (χ1v) is 6.43. The van der Waals surface area contributed by atoms with Crippen molar-refractivity contribution in [2.75, 3.05) is 14.2 Å². The van der Waals surface area contributed by atoms with Gasteiger partial charge < -0.3 is 14.8 Å². The van der Waals surface area contributed by atoms with Crippen LogP contribution in [0, 0.1) is 10.1 Å². The van der Waals surface area contributed by atoms with Crippen LogP contribution < -0.4 is 14.8 Å². The lowest BCUT2D eigenvalue weighted by molar-refractivity contribution is -0.493. The van der Waals surface area contributed by atoms with E-state index in [0.29, 0.717) is 17.1 Å². The number of nitrogens with zero attached hydrogens (tertiary/aromatic N) is 2. The number of aliphatic imine (C=N–C) groups is 1. The van der Waals surface area contributed by atoms with Crippen molar-refractivity contribution in [3.05, 3.63) is 40.0 Å². The second-order valence-electron chi connectivity index (χ2n) is 4.45. The third-order valence-electron chi connectivity index (χ3n) is 3.03. The molecular formula is C14H13N3O6. The van der Waals surface area contributed by atoms with Gasteiger partial charge >= 0.3 is 17.9 Å². The molecule has 0 saturated heterocycles. The van der Waals surface area contributed by atoms with Gasteiger partial charge in [0.15, 0.2) is 0 Å². The third kappa shape index (κ3) is 3.51. The van der Waals surface area contributed by atoms with Crippen molar-refractivity contribution in [2.45, 2.75) is 6.04 Å². The van der Waals surface area contributed by atoms with Gasteiger partial charge in [-0.15, -0.1) is 0 Å². The smallest absolute Gasteiger partial charge is 0.368 e. The van der Waals surface area contributed by atoms with Crippen molar-refractivity contribution in [2.24, 2.45) is 4.99 Å². The molecule has 0 spiro atoms. The SMILES string of the molecule is COc1ccc(OC)c(/C=C/C2=NC(=O)C([N+](=O)[O-])C(=O)N2)c1. The minimum atomic E-state index is -2.00. The number of methoxy groups -OCH3 is 2. The van der Waals surface area contributed by atoms with Gasteiger partial charge in [-0.1, -0.05) is 0 Å². The summed E-state index contributed by atoms with van der Waals surface area (Å²) in [7, 11) is 3.00. The molecule has 0 saturated carbocycles. The van der Waals surface area contributed by atoms with Crippen molar-refractivity contribution in [1.29, 1.82) is 0 Å². The van der Waals surface area contributed by atoms with E-state index in [0.717, 1.165) is 0 Å². The molecular weight excluding hydrogens is 306 g/mol. The highest BCUT2D eigenvalue weighted by Gasteiger charge is 2.41. The monoisotopic (exact) mass is 319 g/mol. The number of benzene rings is 1. The van der Waals surface area contributed by atoms with Crippen LogP contribution >= 0.6 is 0 Å². The molecule has 1 heterocycles. The number of amides is 2. The quantitative estimate of drug-likeness (QED) is 0.477. The fourth-order valence-electron chi connectivity index (χ4n) is 1.92. The molecule has 0 aliphatic carbocycles. The van der Waals surface area contributed by atoms with E-state index in [1.165, 1.54) is 20.3 Å². The number of carbonyl (C=O) groups excluding carboxylic acids is 2. The molecule has 0 aromatic heterocycles. The highest BCUT2D eigenvalue weighted by molar-refractivity contribution is 6.21. The molecule has 0 radical (unpaired) electrons. The molecule has 1 aromatic rings. The molecule has 0 fully saturated rings. The first kappa shape index (κ1) is 16.1. The Morgan fingerprint density at radius 1 is 1.26 bits per heavy atom. The van der Waals surface area contributed by atoms with Crippen LogP contribution in [0.5, 0.6) is 11.5 Å². The maximum atomic E-state index is 11.6. The lowest BCUT2D eigenvalue weighted by Crippen LogP contribution is -2.50. The number of amidine groups is 1. The van der Waals surface area contributed by atoms with E-state index in [1.54, 1.807) is 24.3 Å². The molecule has 1 unspecified atom stereocenters. The Bertz CT molecular complexity index is 725. The Morgan fingerprint density at radius 2 is 2.00 bits per heavy atom. The minimum absolute atomic E-state index is 0.0806. The van der Waals surface area contributed by atoms with Gasteiger partial charge in [0.2, 0.25) is 0 Å². The molecule has 1 atom stereocenters. The van der Waals surface area contributed by atoms with Gasteiger partial charge in [0.25, 0.3) is 0 Å². The van der Waals surface area contributed by atoms with Gasteiger partial charge in [-0.25, -0.2) is 0 Å². The first-order chi connectivity index (χ1) is 11.0. The van der Waals surface area contributed by atoms with Crippen LogP contribution in [0.1, 0.15) is 5.56 Å². The summed E-state index contributed by atoms with van der Waals surface area (Å²) in [5, 5.41) is 12.8. The van der Waals surface area contributed by atoms with Gasteiger partial charge in [-0.3, -0.25) is 19.7 Å². The van der Waals surface area contributed by atoms with Gasteiger partial charge in [-0.05, 0) is 30.4 Å². The lowest BCUT2D eigenvalue weighted by Gasteiger charge is -2.13. The van der Waals surface area contributed by atoms with E-state index in [2.05, 4.69) is 10.3 Å². The Kier molecular flexibility index (Phi) is 4.69. The lowest BCUT2D eigenvalue weighted by atomic mass is 10.1. The number of hydrogen-bond acceptors (Lipinski definition) is 6. The Hall–Kier alpha value is -3.23. The van der Waals surface area contributed by atoms with E-state index in [9.17, 15) is 19.7 Å². The van der Waals surface area contributed by atoms with Gasteiger partial charge in [0.05, 0.1) is 14.2 Å². The summed E-state index contributed by atoms with van der Waals surface area (Å²) in [6, 6.07) is 3.08. The summed E-state index contributed by atoms with van der Waals surface area (Å²) < 4.78 is 10.3. The summed E-state index contributed by atoms with van der Waals surface area (Å²) in [5.74, 6) is -1.09. The third-order valence-corrected chi connectivity index (χ3v) is 3.03. The molecule has 1 N–H and O–H groups in total. The zero-order valence-corrected chi connectivity index (χ0v) is 12.3. The predicted octanol–water partition coefficient (Wildman–Crippen LogP) is 0.417. The van der Waals surface area contributed by atoms with E-state index < -0.39 is 22.8 Å². The fourth-order valence-corrected chi connectivity index (χ4v) is 1.92. The van der Waals surface area contributed by atoms with Crippen molar-refractivity contribution in [3.8, 4) is 11.5 Å². The van der Waals surface area contributed by atoms with Crippen LogP contribution in [-0.2, 0) is 9.59 Å². The van der Waals surface area contributed by atoms with Crippen molar-refractivity contribution >= 4 is 23.7 Å². The van der Waals surface area contributed by atoms with Gasteiger partial charge in [-0.2, -0.15) is 4.99 Å². The predicted molar refractivity (Wildman–Crippen MR) is 79.9 cm³/mol. The number of nitrogens with one attached hydrogen (secondary N) is 1. The Morgan fingerprint density at radius 3 is 2.57 bits per heavy atom. The molecule has 9 heteroatoms. The molecule has 2 amide bonds. The molecule has 120 valence electrons. The average molecular weight is 319 g/mol. The number of hydrogen-bond donors (Lipinski definition) is 1. The zero-order chi connectivity index (χ0) is 17.0. The molecule has 23 heavy (non-hydrogen) atoms. The first-order valence-electron chi connectivity index (χ1n) is 6.43. The normalized spacial score (nSPS) is 17.7. The molecule has 1 aromatic carbocycles. The maximum Gasteiger partial charge on any atom is 0.368 e. The number of ether oxygens (including phenoxy) is 2. The standard InChI is InChI=1S/C14H13N3O6/c1-22-9-4-5-10(23-2)8(7-9)3-6-11-15-13(18)12(17(20)21)14(19)16-11/h3-7,12H,1-2H3,(H,15,16,18,19)/b6-3+. The molecule has 1 aliphatic heterocycles. The summed E-state index contributed by atoms with van der Waals surface area (Å²) in [5.41, 5.74) is 0.618. The van der Waals surface area contributed by atoms with Crippen molar-refractivity contribution < 1.29 is 24.0 Å². The highest BCUT2D eigenvalue weighted by Crippen LogP contribution is 2.25. The summed E-state index contributed by atoms with van der Waals surface area (Å²) in [6.45, 7) is 0. The minimum Gasteiger partial charge on any atom is -0.497 e. The molecule has 1 aliphatic rings. The van der Waals surface area contributed by atoms with Crippen molar-refractivity contribution in [3.63, 3.8) is 0 Å². The van der Waals surface area contributed by atoms with Crippen LogP contribution in [0.15, 0.2) is 29.3 Å². The number of nitro groups is 1. The van der Waals surface area contributed by atoms with E-state index in [4.69, 9.17) is 9.47 Å². The average Bonchev–Trinajstić information content (AvgIpc) is 2.51. The highest BCUT2D eigenvalue weighted by atomic mass is 16.6. The van der Waals surface area contributed by atoms with Gasteiger partial charge in [0.1, 0.15) is 17.3 Å². The Balaban J connectivity index is 2.27. The molecule has 2 rings (SSSR count). The van der Waals surface area contributed by atoms with Crippen molar-refractivity contribution in [1.82, 2.24) is 5.32 Å². The summed E-state index contributed by atoms with van der Waals surface area (Å²) in [6.07, 6.45) is 2.89. The Labute approximate surface area is 130 Å². The topological polar surface area (TPSA) is 120 Å². The summed E-state index contributed by atoms with van der Waals surface area (Å²) in [4.78, 5) is 36.2. The van der Waals surface area contributed by atoms with Crippen LogP contribution in [0.25, 0.3) is 6.08 Å². The second kappa shape index (κ2) is 6.69. The van der Waals surface area contributed by atoms with Crippen LogP contribution in [-0.4, -0.2) is 42.8 Å². The number of carbonyl (C=O) groups is 2. The summed E-state index contributed by atoms with van der Waals surface area (Å²) >= 11 is 0. The van der Waals surface area contributed by atoms with Crippen LogP contribution in [0.3, 0.4) is 0 Å². The zero-order valence-electron chi connectivity index (χ0n) is 12.3. The van der Waals surface area contributed by atoms with E-state index in [-0.39, 0.29) is 5.84 Å². The van der Waals surface area contributed by atoms with Gasteiger partial charge in [0, 0.05) is 10.5 Å². The fraction of sp³-hybridized carbons (Fsp3) is 0.214. The number of rotatable bonds is 5. The molecule has 9 nitrogen and oxygen atoms in total. The largest absolute Gasteiger partial charge is 0.497 e. The maximum absolute atomic E-state index is 11.6. The second-order valence-corrected chi connectivity index (χ2v) is 4.45. The van der Waals surface area contributed by atoms with Crippen LogP contribution in [0.4, 0.5) is 0 Å². The van der Waals surface area contributed by atoms with E-state index >= 15 is 0 Å².